The van der Waals surface area contributed by atoms with Crippen LogP contribution in [-0.2, 0) is 11.7 Å². The first-order valence-corrected chi connectivity index (χ1v) is 8.92. The third-order valence-electron chi connectivity index (χ3n) is 3.70. The second-order valence-electron chi connectivity index (χ2n) is 6.91. The monoisotopic (exact) mass is 394 g/mol. The number of anilines is 1. The fraction of sp³-hybridized carbons (Fsp3) is 0.278. The van der Waals surface area contributed by atoms with Crippen LogP contribution in [0.5, 0.6) is 0 Å². The second kappa shape index (κ2) is 6.80. The summed E-state index contributed by atoms with van der Waals surface area (Å²) in [5.74, 6) is -0.446. The van der Waals surface area contributed by atoms with Crippen molar-refractivity contribution in [1.82, 2.24) is 14.8 Å². The first-order valence-electron chi connectivity index (χ1n) is 8.04. The van der Waals surface area contributed by atoms with Crippen molar-refractivity contribution in [3.05, 3.63) is 53.3 Å². The van der Waals surface area contributed by atoms with Gasteiger partial charge in [0.05, 0.1) is 23.0 Å². The van der Waals surface area contributed by atoms with Gasteiger partial charge in [0.15, 0.2) is 0 Å². The molecular weight excluding hydrogens is 377 g/mol. The molecule has 0 saturated carbocycles. The first kappa shape index (κ1) is 19.1. The van der Waals surface area contributed by atoms with Crippen LogP contribution in [0.15, 0.2) is 42.0 Å². The summed E-state index contributed by atoms with van der Waals surface area (Å²) >= 11 is 1.11. The van der Waals surface area contributed by atoms with Gasteiger partial charge in [-0.25, -0.2) is 4.98 Å². The number of benzene rings is 1. The Bertz CT molecular complexity index is 969. The number of nitrogens with one attached hydrogen (secondary N) is 1. The Hall–Kier alpha value is -2.68. The van der Waals surface area contributed by atoms with E-state index in [9.17, 15) is 18.0 Å². The van der Waals surface area contributed by atoms with Gasteiger partial charge < -0.3 is 5.32 Å². The zero-order valence-electron chi connectivity index (χ0n) is 14.8. The van der Waals surface area contributed by atoms with Crippen LogP contribution in [0, 0.1) is 0 Å². The highest BCUT2D eigenvalue weighted by atomic mass is 32.1. The van der Waals surface area contributed by atoms with Crippen molar-refractivity contribution in [2.24, 2.45) is 0 Å². The molecule has 5 nitrogen and oxygen atoms in total. The van der Waals surface area contributed by atoms with Crippen LogP contribution in [-0.4, -0.2) is 20.7 Å². The molecule has 3 rings (SSSR count). The summed E-state index contributed by atoms with van der Waals surface area (Å²) in [7, 11) is 0. The highest BCUT2D eigenvalue weighted by Crippen LogP contribution is 2.33. The lowest BCUT2D eigenvalue weighted by molar-refractivity contribution is -0.137. The fourth-order valence-electron chi connectivity index (χ4n) is 2.29. The Labute approximate surface area is 157 Å². The third-order valence-corrected chi connectivity index (χ3v) is 4.59. The highest BCUT2D eigenvalue weighted by molar-refractivity contribution is 7.13. The maximum Gasteiger partial charge on any atom is 0.416 e. The fourth-order valence-corrected chi connectivity index (χ4v) is 3.09. The second-order valence-corrected chi connectivity index (χ2v) is 7.77. The van der Waals surface area contributed by atoms with Gasteiger partial charge in [0.1, 0.15) is 10.7 Å². The molecule has 9 heteroatoms. The molecule has 0 saturated heterocycles. The van der Waals surface area contributed by atoms with Crippen molar-refractivity contribution < 1.29 is 18.0 Å². The standard InChI is InChI=1S/C18H17F3N4OS/c1-17(2,3)25-9-13(8-22-25)23-15(26)14-10-27-16(24-14)11-5-4-6-12(7-11)18(19,20)21/h4-10H,1-3H3,(H,23,26). The molecule has 0 aliphatic rings. The minimum absolute atomic E-state index is 0.135. The molecule has 0 bridgehead atoms. The van der Waals surface area contributed by atoms with Gasteiger partial charge in [0.2, 0.25) is 0 Å². The van der Waals surface area contributed by atoms with E-state index in [0.717, 1.165) is 23.5 Å². The van der Waals surface area contributed by atoms with Crippen LogP contribution >= 0.6 is 11.3 Å². The van der Waals surface area contributed by atoms with E-state index in [1.807, 2.05) is 20.8 Å². The summed E-state index contributed by atoms with van der Waals surface area (Å²) in [6.07, 6.45) is -1.19. The van der Waals surface area contributed by atoms with Crippen molar-refractivity contribution in [2.75, 3.05) is 5.32 Å². The van der Waals surface area contributed by atoms with Gasteiger partial charge in [-0.15, -0.1) is 11.3 Å². The molecule has 1 amide bonds. The Morgan fingerprint density at radius 1 is 1.22 bits per heavy atom. The molecule has 0 aliphatic carbocycles. The molecule has 2 heterocycles. The number of rotatable bonds is 3. The molecule has 1 aromatic carbocycles. The number of halogens is 3. The van der Waals surface area contributed by atoms with Crippen LogP contribution in [0.1, 0.15) is 36.8 Å². The van der Waals surface area contributed by atoms with E-state index in [1.165, 1.54) is 23.7 Å². The normalized spacial score (nSPS) is 12.2. The van der Waals surface area contributed by atoms with Crippen molar-refractivity contribution in [2.45, 2.75) is 32.5 Å². The van der Waals surface area contributed by atoms with Crippen LogP contribution in [0.25, 0.3) is 10.6 Å². The number of amides is 1. The largest absolute Gasteiger partial charge is 0.416 e. The number of nitrogens with zero attached hydrogens (tertiary/aromatic N) is 3. The summed E-state index contributed by atoms with van der Waals surface area (Å²) in [5, 5.41) is 8.75. The summed E-state index contributed by atoms with van der Waals surface area (Å²) < 4.78 is 40.3. The topological polar surface area (TPSA) is 59.8 Å². The minimum Gasteiger partial charge on any atom is -0.318 e. The molecule has 0 unspecified atom stereocenters. The number of thiazole rings is 1. The third kappa shape index (κ3) is 4.36. The van der Waals surface area contributed by atoms with Gasteiger partial charge in [-0.05, 0) is 32.9 Å². The number of alkyl halides is 3. The Morgan fingerprint density at radius 2 is 1.96 bits per heavy atom. The Balaban J connectivity index is 1.78. The zero-order valence-corrected chi connectivity index (χ0v) is 15.6. The van der Waals surface area contributed by atoms with E-state index >= 15 is 0 Å². The van der Waals surface area contributed by atoms with E-state index in [0.29, 0.717) is 16.3 Å². The van der Waals surface area contributed by atoms with Crippen molar-refractivity contribution in [1.29, 1.82) is 0 Å². The molecule has 3 aromatic rings. The van der Waals surface area contributed by atoms with Gasteiger partial charge in [0, 0.05) is 17.1 Å². The number of hydrogen-bond acceptors (Lipinski definition) is 4. The lowest BCUT2D eigenvalue weighted by atomic mass is 10.1. The predicted octanol–water partition coefficient (Wildman–Crippen LogP) is 5.03. The van der Waals surface area contributed by atoms with Gasteiger partial charge in [-0.3, -0.25) is 9.48 Å². The molecule has 27 heavy (non-hydrogen) atoms. The van der Waals surface area contributed by atoms with E-state index in [1.54, 1.807) is 10.9 Å². The molecule has 0 aliphatic heterocycles. The predicted molar refractivity (Wildman–Crippen MR) is 97.7 cm³/mol. The molecule has 142 valence electrons. The zero-order chi connectivity index (χ0) is 19.8. The summed E-state index contributed by atoms with van der Waals surface area (Å²) in [6, 6.07) is 4.87. The number of carbonyl (C=O) groups excluding carboxylic acids is 1. The van der Waals surface area contributed by atoms with E-state index in [-0.39, 0.29) is 11.2 Å². The molecule has 0 atom stereocenters. The number of hydrogen-bond donors (Lipinski definition) is 1. The van der Waals surface area contributed by atoms with Crippen molar-refractivity contribution in [3.63, 3.8) is 0 Å². The van der Waals surface area contributed by atoms with Crippen molar-refractivity contribution in [3.8, 4) is 10.6 Å². The number of aromatic nitrogens is 3. The number of carbonyl (C=O) groups is 1. The molecule has 0 spiro atoms. The quantitative estimate of drug-likeness (QED) is 0.678. The van der Waals surface area contributed by atoms with Gasteiger partial charge >= 0.3 is 6.18 Å². The summed E-state index contributed by atoms with van der Waals surface area (Å²) in [4.78, 5) is 16.5. The van der Waals surface area contributed by atoms with Gasteiger partial charge in [0.25, 0.3) is 5.91 Å². The highest BCUT2D eigenvalue weighted by Gasteiger charge is 2.30. The summed E-state index contributed by atoms with van der Waals surface area (Å²) in [6.45, 7) is 5.94. The lowest BCUT2D eigenvalue weighted by Gasteiger charge is -2.18. The maximum absolute atomic E-state index is 12.9. The van der Waals surface area contributed by atoms with Crippen molar-refractivity contribution >= 4 is 22.9 Å². The van der Waals surface area contributed by atoms with Gasteiger partial charge in [-0.2, -0.15) is 18.3 Å². The first-order chi connectivity index (χ1) is 12.5. The van der Waals surface area contributed by atoms with Crippen LogP contribution in [0.2, 0.25) is 0 Å². The lowest BCUT2D eigenvalue weighted by Crippen LogP contribution is -2.22. The van der Waals surface area contributed by atoms with E-state index in [2.05, 4.69) is 15.4 Å². The van der Waals surface area contributed by atoms with Gasteiger partial charge in [-0.1, -0.05) is 12.1 Å². The molecule has 2 aromatic heterocycles. The molecule has 1 N–H and O–H groups in total. The molecule has 0 fully saturated rings. The van der Waals surface area contributed by atoms with Crippen LogP contribution < -0.4 is 5.32 Å². The average molecular weight is 394 g/mol. The van der Waals surface area contributed by atoms with Crippen LogP contribution in [0.3, 0.4) is 0 Å². The molecular formula is C18H17F3N4OS. The Morgan fingerprint density at radius 3 is 2.59 bits per heavy atom. The minimum atomic E-state index is -4.43. The van der Waals surface area contributed by atoms with E-state index < -0.39 is 17.6 Å². The smallest absolute Gasteiger partial charge is 0.318 e. The Kier molecular flexibility index (Phi) is 4.81. The SMILES string of the molecule is CC(C)(C)n1cc(NC(=O)c2csc(-c3cccc(C(F)(F)F)c3)n2)cn1. The molecule has 0 radical (unpaired) electrons. The maximum atomic E-state index is 12.9. The van der Waals surface area contributed by atoms with Crippen LogP contribution in [0.4, 0.5) is 18.9 Å². The average Bonchev–Trinajstić information content (AvgIpc) is 3.23. The van der Waals surface area contributed by atoms with E-state index in [4.69, 9.17) is 0 Å². The summed E-state index contributed by atoms with van der Waals surface area (Å²) in [5.41, 5.74) is -0.00927.